The molecule has 0 aliphatic carbocycles. The van der Waals surface area contributed by atoms with E-state index in [4.69, 9.17) is 5.73 Å². The van der Waals surface area contributed by atoms with Gasteiger partial charge in [0.05, 0.1) is 0 Å². The van der Waals surface area contributed by atoms with E-state index in [1.807, 2.05) is 11.5 Å². The van der Waals surface area contributed by atoms with Crippen LogP contribution in [0.3, 0.4) is 0 Å². The monoisotopic (exact) mass is 325 g/mol. The Balaban J connectivity index is 2.45. The Morgan fingerprint density at radius 1 is 1.42 bits per heavy atom. The summed E-state index contributed by atoms with van der Waals surface area (Å²) in [4.78, 5) is 4.41. The molecule has 0 atom stereocenters. The summed E-state index contributed by atoms with van der Waals surface area (Å²) < 4.78 is 16.6. The highest BCUT2D eigenvalue weighted by atomic mass is 79.9. The van der Waals surface area contributed by atoms with Crippen LogP contribution in [-0.2, 0) is 6.54 Å². The number of nitrogen functional groups attached to an aromatic ring is 1. The number of hydrogen-bond acceptors (Lipinski definition) is 2. The summed E-state index contributed by atoms with van der Waals surface area (Å²) in [5, 5.41) is 0. The number of rotatable bonds is 4. The highest BCUT2D eigenvalue weighted by Gasteiger charge is 2.16. The fraction of sp³-hybridized carbons (Fsp3) is 0.357. The zero-order chi connectivity index (χ0) is 14.0. The van der Waals surface area contributed by atoms with Crippen molar-refractivity contribution in [2.45, 2.75) is 33.2 Å². The first-order valence-corrected chi connectivity index (χ1v) is 7.12. The fourth-order valence-electron chi connectivity index (χ4n) is 2.06. The smallest absolute Gasteiger partial charge is 0.133 e. The Morgan fingerprint density at radius 2 is 2.16 bits per heavy atom. The number of imidazole rings is 1. The molecule has 0 bridgehead atoms. The number of nitrogens with two attached hydrogens (primary N) is 1. The van der Waals surface area contributed by atoms with Crippen LogP contribution in [0, 0.1) is 12.7 Å². The van der Waals surface area contributed by atoms with Crippen LogP contribution in [0.4, 0.5) is 10.2 Å². The van der Waals surface area contributed by atoms with Gasteiger partial charge in [0.25, 0.3) is 0 Å². The minimum Gasteiger partial charge on any atom is -0.383 e. The van der Waals surface area contributed by atoms with E-state index in [0.29, 0.717) is 21.5 Å². The minimum atomic E-state index is -0.318. The van der Waals surface area contributed by atoms with Gasteiger partial charge in [0.2, 0.25) is 0 Å². The second-order valence-electron chi connectivity index (χ2n) is 4.52. The summed E-state index contributed by atoms with van der Waals surface area (Å²) in [6.45, 7) is 4.84. The van der Waals surface area contributed by atoms with Crippen molar-refractivity contribution >= 4 is 21.7 Å². The summed E-state index contributed by atoms with van der Waals surface area (Å²) in [5.41, 5.74) is 7.08. The first-order chi connectivity index (χ1) is 9.04. The number of nitrogens with zero attached hydrogens (tertiary/aromatic N) is 2. The van der Waals surface area contributed by atoms with E-state index in [2.05, 4.69) is 27.8 Å². The zero-order valence-corrected chi connectivity index (χ0v) is 12.7. The number of anilines is 1. The van der Waals surface area contributed by atoms with Crippen molar-refractivity contribution in [1.82, 2.24) is 9.55 Å². The lowest BCUT2D eigenvalue weighted by molar-refractivity contribution is 0.622. The van der Waals surface area contributed by atoms with Crippen LogP contribution >= 0.6 is 15.9 Å². The van der Waals surface area contributed by atoms with Crippen molar-refractivity contribution in [2.75, 3.05) is 5.73 Å². The van der Waals surface area contributed by atoms with Gasteiger partial charge in [0, 0.05) is 16.6 Å². The lowest BCUT2D eigenvalue weighted by Crippen LogP contribution is -2.05. The molecular weight excluding hydrogens is 309 g/mol. The minimum absolute atomic E-state index is 0.318. The van der Waals surface area contributed by atoms with Gasteiger partial charge >= 0.3 is 0 Å². The number of aromatic nitrogens is 2. The molecular formula is C14H17BrFN3. The fourth-order valence-corrected chi connectivity index (χ4v) is 2.39. The Hall–Kier alpha value is -1.36. The molecule has 0 fully saturated rings. The first-order valence-electron chi connectivity index (χ1n) is 6.32. The molecule has 1 aromatic carbocycles. The molecule has 0 saturated heterocycles. The molecule has 0 saturated carbocycles. The van der Waals surface area contributed by atoms with Gasteiger partial charge in [0.1, 0.15) is 23.2 Å². The van der Waals surface area contributed by atoms with Gasteiger partial charge in [-0.15, -0.1) is 0 Å². The maximum Gasteiger partial charge on any atom is 0.133 e. The number of halogens is 2. The van der Waals surface area contributed by atoms with Crippen molar-refractivity contribution in [3.8, 4) is 11.3 Å². The van der Waals surface area contributed by atoms with E-state index in [9.17, 15) is 4.39 Å². The molecule has 2 aromatic rings. The molecule has 102 valence electrons. The van der Waals surface area contributed by atoms with Crippen LogP contribution in [0.15, 0.2) is 22.7 Å². The molecule has 0 aliphatic heterocycles. The third kappa shape index (κ3) is 2.81. The van der Waals surface area contributed by atoms with Crippen molar-refractivity contribution < 1.29 is 4.39 Å². The Labute approximate surface area is 120 Å². The molecule has 2 rings (SSSR count). The van der Waals surface area contributed by atoms with Crippen LogP contribution in [0.2, 0.25) is 0 Å². The highest BCUT2D eigenvalue weighted by molar-refractivity contribution is 9.10. The number of hydrogen-bond donors (Lipinski definition) is 1. The largest absolute Gasteiger partial charge is 0.383 e. The standard InChI is InChI=1S/C14H17BrFN3/c1-3-4-7-19-9(2)18-13(14(19)17)11-6-5-10(15)8-12(11)16/h5-6,8H,3-4,7,17H2,1-2H3. The first kappa shape index (κ1) is 14.1. The average Bonchev–Trinajstić information content (AvgIpc) is 2.63. The molecule has 0 unspecified atom stereocenters. The van der Waals surface area contributed by atoms with E-state index in [-0.39, 0.29) is 5.82 Å². The van der Waals surface area contributed by atoms with Gasteiger partial charge in [-0.3, -0.25) is 0 Å². The van der Waals surface area contributed by atoms with E-state index in [1.165, 1.54) is 6.07 Å². The van der Waals surface area contributed by atoms with Crippen molar-refractivity contribution in [1.29, 1.82) is 0 Å². The van der Waals surface area contributed by atoms with Gasteiger partial charge in [-0.25, -0.2) is 9.37 Å². The van der Waals surface area contributed by atoms with Gasteiger partial charge < -0.3 is 10.3 Å². The van der Waals surface area contributed by atoms with Gasteiger partial charge in [0.15, 0.2) is 0 Å². The Bertz CT molecular complexity index is 593. The SMILES string of the molecule is CCCCn1c(C)nc(-c2ccc(Br)cc2F)c1N. The molecule has 0 spiro atoms. The molecule has 0 aliphatic rings. The van der Waals surface area contributed by atoms with Crippen LogP contribution in [0.1, 0.15) is 25.6 Å². The van der Waals surface area contributed by atoms with Crippen LogP contribution in [0.25, 0.3) is 11.3 Å². The molecule has 1 aromatic heterocycles. The predicted octanol–water partition coefficient (Wildman–Crippen LogP) is 4.14. The zero-order valence-electron chi connectivity index (χ0n) is 11.1. The second-order valence-corrected chi connectivity index (χ2v) is 5.44. The van der Waals surface area contributed by atoms with Crippen LogP contribution < -0.4 is 5.73 Å². The maximum atomic E-state index is 14.0. The number of benzene rings is 1. The third-order valence-electron chi connectivity index (χ3n) is 3.12. The third-order valence-corrected chi connectivity index (χ3v) is 3.61. The molecule has 0 radical (unpaired) electrons. The summed E-state index contributed by atoms with van der Waals surface area (Å²) >= 11 is 3.24. The van der Waals surface area contributed by atoms with Gasteiger partial charge in [-0.1, -0.05) is 29.3 Å². The lowest BCUT2D eigenvalue weighted by Gasteiger charge is -2.07. The van der Waals surface area contributed by atoms with Crippen LogP contribution in [-0.4, -0.2) is 9.55 Å². The molecule has 3 nitrogen and oxygen atoms in total. The molecule has 19 heavy (non-hydrogen) atoms. The predicted molar refractivity (Wildman–Crippen MR) is 79.4 cm³/mol. The summed E-state index contributed by atoms with van der Waals surface area (Å²) in [6.07, 6.45) is 2.11. The topological polar surface area (TPSA) is 43.8 Å². The molecule has 5 heteroatoms. The quantitative estimate of drug-likeness (QED) is 0.917. The second kappa shape index (κ2) is 5.74. The summed E-state index contributed by atoms with van der Waals surface area (Å²) in [7, 11) is 0. The molecule has 1 heterocycles. The van der Waals surface area contributed by atoms with Crippen molar-refractivity contribution in [3.05, 3.63) is 34.3 Å². The van der Waals surface area contributed by atoms with E-state index < -0.39 is 0 Å². The van der Waals surface area contributed by atoms with Crippen molar-refractivity contribution in [2.24, 2.45) is 0 Å². The Morgan fingerprint density at radius 3 is 2.79 bits per heavy atom. The average molecular weight is 326 g/mol. The summed E-state index contributed by atoms with van der Waals surface area (Å²) in [6, 6.07) is 4.91. The summed E-state index contributed by atoms with van der Waals surface area (Å²) in [5.74, 6) is 1.04. The van der Waals surface area contributed by atoms with Crippen molar-refractivity contribution in [3.63, 3.8) is 0 Å². The maximum absolute atomic E-state index is 14.0. The molecule has 2 N–H and O–H groups in total. The van der Waals surface area contributed by atoms with Gasteiger partial charge in [-0.05, 0) is 31.5 Å². The molecule has 0 amide bonds. The van der Waals surface area contributed by atoms with E-state index in [1.54, 1.807) is 12.1 Å². The van der Waals surface area contributed by atoms with Gasteiger partial charge in [-0.2, -0.15) is 0 Å². The Kier molecular flexibility index (Phi) is 4.24. The highest BCUT2D eigenvalue weighted by Crippen LogP contribution is 2.30. The number of aryl methyl sites for hydroxylation is 1. The van der Waals surface area contributed by atoms with Crippen LogP contribution in [0.5, 0.6) is 0 Å². The van der Waals surface area contributed by atoms with E-state index >= 15 is 0 Å². The lowest BCUT2D eigenvalue weighted by atomic mass is 10.1. The normalized spacial score (nSPS) is 10.9. The van der Waals surface area contributed by atoms with E-state index in [0.717, 1.165) is 25.2 Å². The number of unbranched alkanes of at least 4 members (excludes halogenated alkanes) is 1.